The van der Waals surface area contributed by atoms with E-state index >= 15 is 0 Å². The van der Waals surface area contributed by atoms with Crippen LogP contribution < -0.4 is 4.90 Å². The number of halogens is 1. The smallest absolute Gasteiger partial charge is 0.141 e. The lowest BCUT2D eigenvalue weighted by molar-refractivity contribution is 0.217. The van der Waals surface area contributed by atoms with Gasteiger partial charge in [0.1, 0.15) is 11.6 Å². The van der Waals surface area contributed by atoms with E-state index in [4.69, 9.17) is 0 Å². The predicted octanol–water partition coefficient (Wildman–Crippen LogP) is 2.94. The van der Waals surface area contributed by atoms with Gasteiger partial charge in [-0.15, -0.1) is 0 Å². The molecule has 1 unspecified atom stereocenters. The fourth-order valence-corrected chi connectivity index (χ4v) is 3.18. The second-order valence-electron chi connectivity index (χ2n) is 6.39. The van der Waals surface area contributed by atoms with Crippen molar-refractivity contribution < 1.29 is 4.39 Å². The Labute approximate surface area is 137 Å². The summed E-state index contributed by atoms with van der Waals surface area (Å²) in [7, 11) is 0. The zero-order valence-electron chi connectivity index (χ0n) is 14.0. The number of hydrogen-bond donors (Lipinski definition) is 0. The van der Waals surface area contributed by atoms with Crippen LogP contribution in [0, 0.1) is 19.7 Å². The van der Waals surface area contributed by atoms with E-state index in [1.54, 1.807) is 6.07 Å². The number of anilines is 1. The minimum absolute atomic E-state index is 0.291. The summed E-state index contributed by atoms with van der Waals surface area (Å²) < 4.78 is 13.0. The molecule has 3 heterocycles. The summed E-state index contributed by atoms with van der Waals surface area (Å²) in [6.45, 7) is 10.1. The molecule has 2 aromatic rings. The average molecular weight is 314 g/mol. The third-order valence-corrected chi connectivity index (χ3v) is 4.41. The van der Waals surface area contributed by atoms with Crippen LogP contribution >= 0.6 is 0 Å². The third-order valence-electron chi connectivity index (χ3n) is 4.41. The van der Waals surface area contributed by atoms with Crippen molar-refractivity contribution >= 4 is 5.82 Å². The molecule has 0 N–H and O–H groups in total. The van der Waals surface area contributed by atoms with Gasteiger partial charge in [-0.1, -0.05) is 6.07 Å². The zero-order valence-corrected chi connectivity index (χ0v) is 14.0. The van der Waals surface area contributed by atoms with Gasteiger partial charge in [0.05, 0.1) is 11.9 Å². The Bertz CT molecular complexity index is 671. The van der Waals surface area contributed by atoms with Crippen LogP contribution in [0.3, 0.4) is 0 Å². The van der Waals surface area contributed by atoms with E-state index in [1.807, 2.05) is 6.20 Å². The highest BCUT2D eigenvalue weighted by molar-refractivity contribution is 5.40. The van der Waals surface area contributed by atoms with Crippen LogP contribution in [0.25, 0.3) is 0 Å². The van der Waals surface area contributed by atoms with Gasteiger partial charge in [-0.3, -0.25) is 9.88 Å². The molecule has 0 radical (unpaired) electrons. The van der Waals surface area contributed by atoms with Crippen molar-refractivity contribution in [1.29, 1.82) is 0 Å². The molecule has 4 nitrogen and oxygen atoms in total. The highest BCUT2D eigenvalue weighted by Gasteiger charge is 2.25. The first-order valence-electron chi connectivity index (χ1n) is 8.05. The van der Waals surface area contributed by atoms with E-state index in [0.29, 0.717) is 6.04 Å². The van der Waals surface area contributed by atoms with Crippen LogP contribution in [0.4, 0.5) is 10.2 Å². The van der Waals surface area contributed by atoms with Gasteiger partial charge in [-0.25, -0.2) is 9.37 Å². The van der Waals surface area contributed by atoms with E-state index in [1.165, 1.54) is 23.4 Å². The van der Waals surface area contributed by atoms with Gasteiger partial charge in [-0.2, -0.15) is 0 Å². The third kappa shape index (κ3) is 3.67. The Morgan fingerprint density at radius 2 is 2.00 bits per heavy atom. The lowest BCUT2D eigenvalue weighted by Crippen LogP contribution is -2.52. The van der Waals surface area contributed by atoms with Gasteiger partial charge < -0.3 is 4.90 Å². The van der Waals surface area contributed by atoms with Crippen LogP contribution in [0.15, 0.2) is 30.6 Å². The summed E-state index contributed by atoms with van der Waals surface area (Å²) >= 11 is 0. The van der Waals surface area contributed by atoms with Crippen LogP contribution in [-0.4, -0.2) is 40.5 Å². The highest BCUT2D eigenvalue weighted by atomic mass is 19.1. The van der Waals surface area contributed by atoms with Crippen molar-refractivity contribution in [1.82, 2.24) is 14.9 Å². The predicted molar refractivity (Wildman–Crippen MR) is 90.0 cm³/mol. The van der Waals surface area contributed by atoms with Crippen molar-refractivity contribution in [2.75, 3.05) is 24.5 Å². The number of rotatable bonds is 3. The summed E-state index contributed by atoms with van der Waals surface area (Å²) in [5, 5.41) is 0. The number of aromatic nitrogens is 2. The summed E-state index contributed by atoms with van der Waals surface area (Å²) in [5.41, 5.74) is 3.60. The molecule has 1 aliphatic rings. The summed E-state index contributed by atoms with van der Waals surface area (Å²) in [6.07, 6.45) is 3.22. The molecule has 3 rings (SSSR count). The topological polar surface area (TPSA) is 32.3 Å². The molecule has 0 aliphatic carbocycles. The quantitative estimate of drug-likeness (QED) is 0.872. The van der Waals surface area contributed by atoms with Crippen molar-refractivity contribution in [2.24, 2.45) is 0 Å². The maximum Gasteiger partial charge on any atom is 0.141 e. The Hall–Kier alpha value is -2.01. The average Bonchev–Trinajstić information content (AvgIpc) is 2.51. The molecular weight excluding hydrogens is 291 g/mol. The molecular formula is C18H23FN4. The van der Waals surface area contributed by atoms with Crippen LogP contribution in [0.1, 0.15) is 23.7 Å². The molecule has 0 aromatic carbocycles. The molecule has 5 heteroatoms. The Morgan fingerprint density at radius 3 is 2.65 bits per heavy atom. The van der Waals surface area contributed by atoms with E-state index in [0.717, 1.165) is 37.7 Å². The minimum atomic E-state index is -0.291. The number of piperazine rings is 1. The van der Waals surface area contributed by atoms with E-state index in [9.17, 15) is 4.39 Å². The lowest BCUT2D eigenvalue weighted by Gasteiger charge is -2.40. The molecule has 1 saturated heterocycles. The first kappa shape index (κ1) is 15.9. The van der Waals surface area contributed by atoms with Crippen LogP contribution in [-0.2, 0) is 6.54 Å². The Morgan fingerprint density at radius 1 is 1.17 bits per heavy atom. The molecule has 1 atom stereocenters. The fraction of sp³-hybridized carbons (Fsp3) is 0.444. The second kappa shape index (κ2) is 6.62. The largest absolute Gasteiger partial charge is 0.351 e. The van der Waals surface area contributed by atoms with Crippen molar-refractivity contribution in [3.63, 3.8) is 0 Å². The van der Waals surface area contributed by atoms with Crippen molar-refractivity contribution in [2.45, 2.75) is 33.4 Å². The SMILES string of the molecule is Cc1cnc(CN2CCN(c3ccc(F)cn3)C(C)C2)c(C)c1. The Balaban J connectivity index is 1.65. The molecule has 0 saturated carbocycles. The Kier molecular flexibility index (Phi) is 4.57. The second-order valence-corrected chi connectivity index (χ2v) is 6.39. The summed E-state index contributed by atoms with van der Waals surface area (Å²) in [5.74, 6) is 0.559. The van der Waals surface area contributed by atoms with Gasteiger partial charge in [-0.05, 0) is 44.0 Å². The fourth-order valence-electron chi connectivity index (χ4n) is 3.18. The summed E-state index contributed by atoms with van der Waals surface area (Å²) in [6, 6.07) is 5.76. The highest BCUT2D eigenvalue weighted by Crippen LogP contribution is 2.20. The van der Waals surface area contributed by atoms with E-state index in [2.05, 4.69) is 46.6 Å². The number of hydrogen-bond acceptors (Lipinski definition) is 4. The first-order valence-corrected chi connectivity index (χ1v) is 8.05. The maximum atomic E-state index is 13.0. The van der Waals surface area contributed by atoms with Crippen molar-refractivity contribution in [3.8, 4) is 0 Å². The van der Waals surface area contributed by atoms with Gasteiger partial charge in [0, 0.05) is 38.4 Å². The molecule has 1 fully saturated rings. The standard InChI is InChI=1S/C18H23FN4/c1-13-8-14(2)17(20-9-13)12-22-6-7-23(15(3)11-22)18-5-4-16(19)10-21-18/h4-5,8-10,15H,6-7,11-12H2,1-3H3. The number of pyridine rings is 2. The van der Waals surface area contributed by atoms with Crippen LogP contribution in [0.2, 0.25) is 0 Å². The van der Waals surface area contributed by atoms with Gasteiger partial charge in [0.15, 0.2) is 0 Å². The van der Waals surface area contributed by atoms with Gasteiger partial charge in [0.25, 0.3) is 0 Å². The molecule has 0 bridgehead atoms. The molecule has 0 spiro atoms. The monoisotopic (exact) mass is 314 g/mol. The number of aryl methyl sites for hydroxylation is 2. The van der Waals surface area contributed by atoms with E-state index in [-0.39, 0.29) is 5.82 Å². The first-order chi connectivity index (χ1) is 11.0. The molecule has 1 aliphatic heterocycles. The van der Waals surface area contributed by atoms with Crippen molar-refractivity contribution in [3.05, 3.63) is 53.2 Å². The zero-order chi connectivity index (χ0) is 16.4. The lowest BCUT2D eigenvalue weighted by atomic mass is 10.1. The molecule has 23 heavy (non-hydrogen) atoms. The van der Waals surface area contributed by atoms with Gasteiger partial charge >= 0.3 is 0 Å². The summed E-state index contributed by atoms with van der Waals surface area (Å²) in [4.78, 5) is 13.4. The molecule has 2 aromatic heterocycles. The minimum Gasteiger partial charge on any atom is -0.351 e. The normalized spacial score (nSPS) is 19.1. The van der Waals surface area contributed by atoms with Gasteiger partial charge in [0.2, 0.25) is 0 Å². The molecule has 122 valence electrons. The number of nitrogens with zero attached hydrogens (tertiary/aromatic N) is 4. The molecule has 0 amide bonds. The maximum absolute atomic E-state index is 13.0. The van der Waals surface area contributed by atoms with Crippen LogP contribution in [0.5, 0.6) is 0 Å². The van der Waals surface area contributed by atoms with E-state index < -0.39 is 0 Å².